The molecule has 0 amide bonds. The van der Waals surface area contributed by atoms with E-state index in [9.17, 15) is 15.0 Å². The summed E-state index contributed by atoms with van der Waals surface area (Å²) in [6.07, 6.45) is 1.47. The van der Waals surface area contributed by atoms with Crippen LogP contribution in [0.5, 0.6) is 11.5 Å². The van der Waals surface area contributed by atoms with E-state index < -0.39 is 0 Å². The van der Waals surface area contributed by atoms with E-state index >= 15 is 0 Å². The van der Waals surface area contributed by atoms with Crippen molar-refractivity contribution in [1.29, 1.82) is 0 Å². The Hall–Kier alpha value is -2.12. The van der Waals surface area contributed by atoms with Crippen molar-refractivity contribution < 1.29 is 15.0 Å². The number of hydrogen-bond donors (Lipinski definition) is 2. The number of hydrogen-bond acceptors (Lipinski definition) is 7. The van der Waals surface area contributed by atoms with Crippen LogP contribution in [0.25, 0.3) is 10.2 Å². The Morgan fingerprint density at radius 3 is 2.90 bits per heavy atom. The third-order valence-corrected chi connectivity index (χ3v) is 4.86. The quantitative estimate of drug-likeness (QED) is 0.437. The van der Waals surface area contributed by atoms with Crippen molar-refractivity contribution in [2.45, 2.75) is 5.03 Å². The summed E-state index contributed by atoms with van der Waals surface area (Å²) in [6, 6.07) is 5.84. The maximum Gasteiger partial charge on any atom is 0.176 e. The molecule has 21 heavy (non-hydrogen) atoms. The molecular formula is C14H10N2O3S2. The lowest BCUT2D eigenvalue weighted by molar-refractivity contribution is 0.102. The number of phenols is 2. The number of phenolic OH excluding ortho intramolecular Hbond substituents is 2. The SMILES string of the molecule is O=C(CSc1ncnc2ccsc12)c1ccc(O)cc1O. The van der Waals surface area contributed by atoms with E-state index in [-0.39, 0.29) is 28.6 Å². The Labute approximate surface area is 128 Å². The van der Waals surface area contributed by atoms with Crippen molar-refractivity contribution in [3.63, 3.8) is 0 Å². The lowest BCUT2D eigenvalue weighted by Gasteiger charge is -2.04. The molecule has 3 rings (SSSR count). The fourth-order valence-electron chi connectivity index (χ4n) is 1.84. The number of nitrogens with zero attached hydrogens (tertiary/aromatic N) is 2. The topological polar surface area (TPSA) is 83.3 Å². The van der Waals surface area contributed by atoms with Gasteiger partial charge in [-0.15, -0.1) is 11.3 Å². The molecule has 106 valence electrons. The van der Waals surface area contributed by atoms with Gasteiger partial charge in [0.1, 0.15) is 22.9 Å². The van der Waals surface area contributed by atoms with Crippen LogP contribution in [0.3, 0.4) is 0 Å². The third kappa shape index (κ3) is 2.84. The number of thioether (sulfide) groups is 1. The van der Waals surface area contributed by atoms with Gasteiger partial charge in [0, 0.05) is 6.07 Å². The summed E-state index contributed by atoms with van der Waals surface area (Å²) in [5, 5.41) is 21.6. The molecule has 0 spiro atoms. The van der Waals surface area contributed by atoms with Gasteiger partial charge in [-0.1, -0.05) is 11.8 Å². The average Bonchev–Trinajstić information content (AvgIpc) is 2.93. The standard InChI is InChI=1S/C14H10N2O3S2/c17-8-1-2-9(11(18)5-8)12(19)6-21-14-13-10(3-4-20-13)15-7-16-14/h1-5,7,17-18H,6H2. The molecule has 2 N–H and O–H groups in total. The summed E-state index contributed by atoms with van der Waals surface area (Å²) >= 11 is 2.83. The number of carbonyl (C=O) groups is 1. The maximum atomic E-state index is 12.1. The van der Waals surface area contributed by atoms with Crippen molar-refractivity contribution in [1.82, 2.24) is 9.97 Å². The van der Waals surface area contributed by atoms with Gasteiger partial charge in [0.15, 0.2) is 5.78 Å². The fourth-order valence-corrected chi connectivity index (χ4v) is 3.67. The lowest BCUT2D eigenvalue weighted by atomic mass is 10.1. The van der Waals surface area contributed by atoms with Crippen LogP contribution in [0.1, 0.15) is 10.4 Å². The van der Waals surface area contributed by atoms with E-state index in [1.807, 2.05) is 11.4 Å². The molecule has 0 fully saturated rings. The molecule has 0 radical (unpaired) electrons. The molecule has 0 bridgehead atoms. The zero-order chi connectivity index (χ0) is 14.8. The summed E-state index contributed by atoms with van der Waals surface area (Å²) in [5.74, 6) is -0.360. The smallest absolute Gasteiger partial charge is 0.176 e. The van der Waals surface area contributed by atoms with Crippen molar-refractivity contribution in [2.24, 2.45) is 0 Å². The van der Waals surface area contributed by atoms with Crippen LogP contribution in [-0.4, -0.2) is 31.7 Å². The molecule has 1 aromatic carbocycles. The largest absolute Gasteiger partial charge is 0.508 e. The van der Waals surface area contributed by atoms with Gasteiger partial charge in [0.25, 0.3) is 0 Å². The summed E-state index contributed by atoms with van der Waals surface area (Å²) in [7, 11) is 0. The van der Waals surface area contributed by atoms with Crippen LogP contribution in [0, 0.1) is 0 Å². The number of fused-ring (bicyclic) bond motifs is 1. The van der Waals surface area contributed by atoms with Crippen LogP contribution in [0.15, 0.2) is 41.0 Å². The van der Waals surface area contributed by atoms with Crippen molar-refractivity contribution >= 4 is 39.1 Å². The minimum Gasteiger partial charge on any atom is -0.508 e. The first-order valence-electron chi connectivity index (χ1n) is 6.01. The number of rotatable bonds is 4. The Balaban J connectivity index is 1.78. The molecule has 0 unspecified atom stereocenters. The Kier molecular flexibility index (Phi) is 3.76. The predicted molar refractivity (Wildman–Crippen MR) is 82.2 cm³/mol. The zero-order valence-corrected chi connectivity index (χ0v) is 12.3. The molecule has 0 saturated heterocycles. The van der Waals surface area contributed by atoms with Crippen LogP contribution in [0.4, 0.5) is 0 Å². The van der Waals surface area contributed by atoms with Gasteiger partial charge in [0.05, 0.1) is 21.5 Å². The molecule has 0 atom stereocenters. The first-order valence-corrected chi connectivity index (χ1v) is 7.88. The number of carbonyl (C=O) groups excluding carboxylic acids is 1. The molecule has 0 aliphatic heterocycles. The van der Waals surface area contributed by atoms with E-state index in [1.54, 1.807) is 0 Å². The fraction of sp³-hybridized carbons (Fsp3) is 0.0714. The summed E-state index contributed by atoms with van der Waals surface area (Å²) < 4.78 is 0.949. The molecule has 2 heterocycles. The van der Waals surface area contributed by atoms with Gasteiger partial charge in [-0.25, -0.2) is 9.97 Å². The van der Waals surface area contributed by atoms with Crippen molar-refractivity contribution in [3.05, 3.63) is 41.5 Å². The summed E-state index contributed by atoms with van der Waals surface area (Å²) in [6.45, 7) is 0. The number of benzene rings is 1. The highest BCUT2D eigenvalue weighted by atomic mass is 32.2. The Bertz CT molecular complexity index is 817. The molecule has 5 nitrogen and oxygen atoms in total. The molecular weight excluding hydrogens is 308 g/mol. The molecule has 2 aromatic heterocycles. The lowest BCUT2D eigenvalue weighted by Crippen LogP contribution is -2.03. The average molecular weight is 318 g/mol. The van der Waals surface area contributed by atoms with E-state index in [4.69, 9.17) is 0 Å². The van der Waals surface area contributed by atoms with Crippen LogP contribution >= 0.6 is 23.1 Å². The van der Waals surface area contributed by atoms with E-state index in [0.29, 0.717) is 0 Å². The second-order valence-electron chi connectivity index (χ2n) is 4.23. The maximum absolute atomic E-state index is 12.1. The van der Waals surface area contributed by atoms with Gasteiger partial charge in [-0.05, 0) is 23.6 Å². The minimum atomic E-state index is -0.221. The second-order valence-corrected chi connectivity index (χ2v) is 6.11. The van der Waals surface area contributed by atoms with Crippen molar-refractivity contribution in [2.75, 3.05) is 5.75 Å². The summed E-state index contributed by atoms with van der Waals surface area (Å²) in [4.78, 5) is 20.5. The molecule has 0 aliphatic rings. The van der Waals surface area contributed by atoms with Gasteiger partial charge >= 0.3 is 0 Å². The molecule has 0 aliphatic carbocycles. The van der Waals surface area contributed by atoms with Gasteiger partial charge < -0.3 is 10.2 Å². The number of ketones is 1. The monoisotopic (exact) mass is 318 g/mol. The van der Waals surface area contributed by atoms with Crippen LogP contribution < -0.4 is 0 Å². The molecule has 0 saturated carbocycles. The predicted octanol–water partition coefficient (Wildman–Crippen LogP) is 3.08. The van der Waals surface area contributed by atoms with Gasteiger partial charge in [-0.3, -0.25) is 4.79 Å². The first kappa shape index (κ1) is 13.8. The van der Waals surface area contributed by atoms with E-state index in [1.165, 1.54) is 41.6 Å². The van der Waals surface area contributed by atoms with E-state index in [2.05, 4.69) is 9.97 Å². The number of aromatic hydroxyl groups is 2. The zero-order valence-electron chi connectivity index (χ0n) is 10.7. The highest BCUT2D eigenvalue weighted by molar-refractivity contribution is 8.00. The van der Waals surface area contributed by atoms with Gasteiger partial charge in [0.2, 0.25) is 0 Å². The van der Waals surface area contributed by atoms with Crippen molar-refractivity contribution in [3.8, 4) is 11.5 Å². The third-order valence-electron chi connectivity index (χ3n) is 2.83. The van der Waals surface area contributed by atoms with Gasteiger partial charge in [-0.2, -0.15) is 0 Å². The second kappa shape index (κ2) is 5.71. The molecule has 3 aromatic rings. The highest BCUT2D eigenvalue weighted by Crippen LogP contribution is 2.30. The molecule has 7 heteroatoms. The normalized spacial score (nSPS) is 10.9. The van der Waals surface area contributed by atoms with Crippen LogP contribution in [0.2, 0.25) is 0 Å². The van der Waals surface area contributed by atoms with E-state index in [0.717, 1.165) is 21.3 Å². The summed E-state index contributed by atoms with van der Waals surface area (Å²) in [5.41, 5.74) is 1.05. The first-order chi connectivity index (χ1) is 10.1. The number of aromatic nitrogens is 2. The Morgan fingerprint density at radius 2 is 2.10 bits per heavy atom. The minimum absolute atomic E-state index is 0.0761. The number of Topliss-reactive ketones (excluding diaryl/α,β-unsaturated/α-hetero) is 1. The Morgan fingerprint density at radius 1 is 1.24 bits per heavy atom. The number of thiophene rings is 1. The highest BCUT2D eigenvalue weighted by Gasteiger charge is 2.14. The van der Waals surface area contributed by atoms with Crippen LogP contribution in [-0.2, 0) is 0 Å².